The molecule has 0 atom stereocenters. The van der Waals surface area contributed by atoms with Crippen molar-refractivity contribution in [2.45, 2.75) is 45.6 Å². The number of nitrogen functional groups attached to an aromatic ring is 1. The molecular weight excluding hydrogens is 400 g/mol. The lowest BCUT2D eigenvalue weighted by Gasteiger charge is -2.34. The summed E-state index contributed by atoms with van der Waals surface area (Å²) in [6, 6.07) is 9.83. The number of pyridine rings is 2. The lowest BCUT2D eigenvalue weighted by atomic mass is 9.94. The predicted molar refractivity (Wildman–Crippen MR) is 129 cm³/mol. The highest BCUT2D eigenvalue weighted by Crippen LogP contribution is 2.22. The Balaban J connectivity index is 1.48. The van der Waals surface area contributed by atoms with Gasteiger partial charge in [0.05, 0.1) is 11.4 Å². The number of amides is 1. The van der Waals surface area contributed by atoms with Gasteiger partial charge in [0, 0.05) is 45.0 Å². The third kappa shape index (κ3) is 6.85. The van der Waals surface area contributed by atoms with Crippen LogP contribution in [0.15, 0.2) is 47.7 Å². The minimum atomic E-state index is 0.121. The fraction of sp³-hybridized carbons (Fsp3) is 0.520. The molecule has 2 aromatic rings. The van der Waals surface area contributed by atoms with E-state index in [2.05, 4.69) is 31.7 Å². The first-order chi connectivity index (χ1) is 15.6. The van der Waals surface area contributed by atoms with Crippen LogP contribution in [0.4, 0.5) is 5.82 Å². The Morgan fingerprint density at radius 1 is 1.19 bits per heavy atom. The molecule has 32 heavy (non-hydrogen) atoms. The van der Waals surface area contributed by atoms with E-state index in [-0.39, 0.29) is 5.92 Å². The first kappa shape index (κ1) is 23.9. The molecule has 1 saturated heterocycles. The molecular formula is C25H36N6O. The van der Waals surface area contributed by atoms with Crippen molar-refractivity contribution in [2.24, 2.45) is 10.9 Å². The molecule has 0 unspecified atom stereocenters. The number of hydrogen-bond donors (Lipinski definition) is 1. The summed E-state index contributed by atoms with van der Waals surface area (Å²) in [6.07, 6.45) is 8.08. The molecule has 172 valence electrons. The molecule has 0 bridgehead atoms. The Kier molecular flexibility index (Phi) is 9.16. The van der Waals surface area contributed by atoms with E-state index in [1.54, 1.807) is 12.4 Å². The van der Waals surface area contributed by atoms with Crippen molar-refractivity contribution in [3.63, 3.8) is 0 Å². The number of hydrogen-bond acceptors (Lipinski definition) is 6. The van der Waals surface area contributed by atoms with E-state index in [1.165, 1.54) is 5.56 Å². The Hall–Kier alpha value is -2.80. The van der Waals surface area contributed by atoms with Crippen LogP contribution >= 0.6 is 0 Å². The lowest BCUT2D eigenvalue weighted by Crippen LogP contribution is -2.43. The molecule has 0 spiro atoms. The van der Waals surface area contributed by atoms with Crippen LogP contribution in [0.2, 0.25) is 0 Å². The van der Waals surface area contributed by atoms with Gasteiger partial charge >= 0.3 is 0 Å². The lowest BCUT2D eigenvalue weighted by molar-refractivity contribution is -0.137. The monoisotopic (exact) mass is 436 g/mol. The maximum absolute atomic E-state index is 13.3. The van der Waals surface area contributed by atoms with Gasteiger partial charge in [0.2, 0.25) is 5.91 Å². The van der Waals surface area contributed by atoms with Crippen molar-refractivity contribution in [3.05, 3.63) is 54.0 Å². The van der Waals surface area contributed by atoms with Gasteiger partial charge in [-0.3, -0.25) is 19.7 Å². The van der Waals surface area contributed by atoms with Crippen LogP contribution in [0.1, 0.15) is 50.3 Å². The average molecular weight is 437 g/mol. The fourth-order valence-electron chi connectivity index (χ4n) is 4.37. The van der Waals surface area contributed by atoms with Crippen LogP contribution < -0.4 is 5.73 Å². The number of carbonyl (C=O) groups excluding carboxylic acids is 1. The molecule has 7 nitrogen and oxygen atoms in total. The molecule has 2 N–H and O–H groups in total. The highest BCUT2D eigenvalue weighted by molar-refractivity contribution is 5.98. The number of rotatable bonds is 10. The zero-order valence-electron chi connectivity index (χ0n) is 19.4. The van der Waals surface area contributed by atoms with Crippen LogP contribution in [0.3, 0.4) is 0 Å². The zero-order valence-corrected chi connectivity index (χ0v) is 19.4. The second kappa shape index (κ2) is 12.3. The Bertz CT molecular complexity index is 877. The molecule has 7 heteroatoms. The van der Waals surface area contributed by atoms with Gasteiger partial charge in [0.1, 0.15) is 5.82 Å². The SMILES string of the molecule is CCCN(CCCC(=NC)c1ccccn1)C(=O)C1CCN(Cc2ccnc(N)c2)CC1. The third-order valence-electron chi connectivity index (χ3n) is 6.07. The van der Waals surface area contributed by atoms with Gasteiger partial charge < -0.3 is 10.6 Å². The van der Waals surface area contributed by atoms with E-state index in [0.717, 1.165) is 76.2 Å². The van der Waals surface area contributed by atoms with Gasteiger partial charge in [-0.2, -0.15) is 0 Å². The van der Waals surface area contributed by atoms with Gasteiger partial charge in [-0.15, -0.1) is 0 Å². The number of carbonyl (C=O) groups is 1. The summed E-state index contributed by atoms with van der Waals surface area (Å²) in [7, 11) is 1.81. The standard InChI is InChI=1S/C25H36N6O/c1-3-14-31(15-6-8-22(27-2)23-7-4-5-12-28-23)25(32)21-10-16-30(17-11-21)19-20-9-13-29-24(26)18-20/h4-5,7,9,12-13,18,21H,3,6,8,10-11,14-17,19H2,1-2H3,(H2,26,29). The smallest absolute Gasteiger partial charge is 0.225 e. The first-order valence-corrected chi connectivity index (χ1v) is 11.7. The minimum Gasteiger partial charge on any atom is -0.384 e. The molecule has 3 rings (SSSR count). The number of nitrogens with two attached hydrogens (primary N) is 1. The molecule has 1 aliphatic rings. The van der Waals surface area contributed by atoms with Crippen molar-refractivity contribution in [2.75, 3.05) is 39.0 Å². The highest BCUT2D eigenvalue weighted by Gasteiger charge is 2.28. The molecule has 0 aliphatic carbocycles. The summed E-state index contributed by atoms with van der Waals surface area (Å²) in [5.41, 5.74) is 8.90. The summed E-state index contributed by atoms with van der Waals surface area (Å²) < 4.78 is 0. The van der Waals surface area contributed by atoms with Crippen LogP contribution in [-0.2, 0) is 11.3 Å². The van der Waals surface area contributed by atoms with Crippen LogP contribution in [-0.4, -0.2) is 64.6 Å². The van der Waals surface area contributed by atoms with Crippen LogP contribution in [0, 0.1) is 5.92 Å². The van der Waals surface area contributed by atoms with E-state index in [0.29, 0.717) is 11.7 Å². The molecule has 2 aromatic heterocycles. The van der Waals surface area contributed by atoms with Crippen molar-refractivity contribution < 1.29 is 4.79 Å². The van der Waals surface area contributed by atoms with E-state index < -0.39 is 0 Å². The molecule has 0 radical (unpaired) electrons. The summed E-state index contributed by atoms with van der Waals surface area (Å²) in [5.74, 6) is 0.991. The van der Waals surface area contributed by atoms with Crippen molar-refractivity contribution in [3.8, 4) is 0 Å². The molecule has 3 heterocycles. The quantitative estimate of drug-likeness (QED) is 0.577. The Labute approximate surface area is 191 Å². The number of anilines is 1. The second-order valence-corrected chi connectivity index (χ2v) is 8.45. The van der Waals surface area contributed by atoms with Gasteiger partial charge in [-0.05, 0) is 75.0 Å². The van der Waals surface area contributed by atoms with Gasteiger partial charge in [-0.1, -0.05) is 13.0 Å². The third-order valence-corrected chi connectivity index (χ3v) is 6.07. The summed E-state index contributed by atoms with van der Waals surface area (Å²) in [5, 5.41) is 0. The van der Waals surface area contributed by atoms with Gasteiger partial charge in [0.15, 0.2) is 0 Å². The van der Waals surface area contributed by atoms with Gasteiger partial charge in [0.25, 0.3) is 0 Å². The Morgan fingerprint density at radius 2 is 2.00 bits per heavy atom. The van der Waals surface area contributed by atoms with Crippen LogP contribution in [0.25, 0.3) is 0 Å². The highest BCUT2D eigenvalue weighted by atomic mass is 16.2. The molecule has 0 saturated carbocycles. The summed E-state index contributed by atoms with van der Waals surface area (Å²) >= 11 is 0. The zero-order chi connectivity index (χ0) is 22.8. The average Bonchev–Trinajstić information content (AvgIpc) is 2.82. The van der Waals surface area contributed by atoms with Crippen molar-refractivity contribution in [1.29, 1.82) is 0 Å². The summed E-state index contributed by atoms with van der Waals surface area (Å²) in [6.45, 7) is 6.46. The van der Waals surface area contributed by atoms with E-state index in [9.17, 15) is 4.79 Å². The topological polar surface area (TPSA) is 87.7 Å². The van der Waals surface area contributed by atoms with Crippen molar-refractivity contribution in [1.82, 2.24) is 19.8 Å². The maximum Gasteiger partial charge on any atom is 0.225 e. The van der Waals surface area contributed by atoms with Crippen molar-refractivity contribution >= 4 is 17.4 Å². The Morgan fingerprint density at radius 3 is 2.66 bits per heavy atom. The number of aromatic nitrogens is 2. The normalized spacial score (nSPS) is 15.6. The number of likely N-dealkylation sites (tertiary alicyclic amines) is 1. The van der Waals surface area contributed by atoms with Gasteiger partial charge in [-0.25, -0.2) is 4.98 Å². The minimum absolute atomic E-state index is 0.121. The fourth-order valence-corrected chi connectivity index (χ4v) is 4.37. The molecule has 0 aromatic carbocycles. The molecule has 1 aliphatic heterocycles. The predicted octanol–water partition coefficient (Wildman–Crippen LogP) is 3.41. The molecule has 1 fully saturated rings. The second-order valence-electron chi connectivity index (χ2n) is 8.45. The molecule has 1 amide bonds. The number of piperidine rings is 1. The largest absolute Gasteiger partial charge is 0.384 e. The number of aliphatic imine (C=N–C) groups is 1. The van der Waals surface area contributed by atoms with E-state index >= 15 is 0 Å². The van der Waals surface area contributed by atoms with E-state index in [4.69, 9.17) is 5.73 Å². The first-order valence-electron chi connectivity index (χ1n) is 11.7. The number of nitrogens with zero attached hydrogens (tertiary/aromatic N) is 5. The van der Waals surface area contributed by atoms with E-state index in [1.807, 2.05) is 37.4 Å². The van der Waals surface area contributed by atoms with Crippen LogP contribution in [0.5, 0.6) is 0 Å². The summed E-state index contributed by atoms with van der Waals surface area (Å²) in [4.78, 5) is 30.6. The maximum atomic E-state index is 13.3.